The molecule has 0 aliphatic carbocycles. The molecule has 1 N–H and O–H groups in total. The molecule has 0 amide bonds. The van der Waals surface area contributed by atoms with Crippen molar-refractivity contribution in [1.82, 2.24) is 4.98 Å². The highest BCUT2D eigenvalue weighted by Crippen LogP contribution is 1.98. The van der Waals surface area contributed by atoms with Gasteiger partial charge in [0.15, 0.2) is 0 Å². The van der Waals surface area contributed by atoms with Crippen LogP contribution in [0.3, 0.4) is 0 Å². The summed E-state index contributed by atoms with van der Waals surface area (Å²) in [6, 6.07) is 4.13. The van der Waals surface area contributed by atoms with Crippen molar-refractivity contribution < 1.29 is 4.74 Å². The largest absolute Gasteiger partial charge is 0.382 e. The molecular formula is C9H15NO. The first kappa shape index (κ1) is 8.34. The zero-order valence-corrected chi connectivity index (χ0v) is 6.97. The lowest BCUT2D eigenvalue weighted by molar-refractivity contribution is 0.145. The van der Waals surface area contributed by atoms with Gasteiger partial charge in [-0.15, -0.1) is 0 Å². The van der Waals surface area contributed by atoms with Crippen LogP contribution in [0, 0.1) is 0 Å². The maximum absolute atomic E-state index is 5.22. The van der Waals surface area contributed by atoms with Gasteiger partial charge in [0.1, 0.15) is 0 Å². The van der Waals surface area contributed by atoms with Crippen LogP contribution in [0.2, 0.25) is 0 Å². The summed E-state index contributed by atoms with van der Waals surface area (Å²) in [5, 5.41) is 0. The summed E-state index contributed by atoms with van der Waals surface area (Å²) in [5.41, 5.74) is 1.30. The molecule has 0 saturated carbocycles. The number of H-pyrrole nitrogens is 1. The Bertz CT molecular complexity index is 170. The van der Waals surface area contributed by atoms with Gasteiger partial charge < -0.3 is 9.72 Å². The first-order chi connectivity index (χ1) is 5.43. The van der Waals surface area contributed by atoms with Gasteiger partial charge in [-0.3, -0.25) is 0 Å². The maximum atomic E-state index is 5.22. The Morgan fingerprint density at radius 1 is 1.55 bits per heavy atom. The van der Waals surface area contributed by atoms with Gasteiger partial charge >= 0.3 is 0 Å². The number of nitrogens with one attached hydrogen (secondary N) is 1. The third kappa shape index (κ3) is 3.23. The quantitative estimate of drug-likeness (QED) is 0.643. The molecular weight excluding hydrogens is 138 g/mol. The van der Waals surface area contributed by atoms with Gasteiger partial charge in [0.05, 0.1) is 0 Å². The van der Waals surface area contributed by atoms with E-state index in [-0.39, 0.29) is 0 Å². The highest BCUT2D eigenvalue weighted by Gasteiger charge is 1.91. The maximum Gasteiger partial charge on any atom is 0.0469 e. The predicted molar refractivity (Wildman–Crippen MR) is 45.6 cm³/mol. The molecule has 0 atom stereocenters. The fourth-order valence-corrected chi connectivity index (χ4v) is 1.03. The highest BCUT2D eigenvalue weighted by molar-refractivity contribution is 5.03. The summed E-state index contributed by atoms with van der Waals surface area (Å²) in [4.78, 5) is 3.16. The molecule has 0 aromatic carbocycles. The zero-order chi connectivity index (χ0) is 7.94. The number of hydrogen-bond donors (Lipinski definition) is 1. The van der Waals surface area contributed by atoms with Crippen LogP contribution < -0.4 is 0 Å². The van der Waals surface area contributed by atoms with Gasteiger partial charge in [0.25, 0.3) is 0 Å². The van der Waals surface area contributed by atoms with Crippen LogP contribution in [-0.2, 0) is 11.2 Å². The molecule has 0 saturated heterocycles. The van der Waals surface area contributed by atoms with Crippen molar-refractivity contribution in [3.05, 3.63) is 24.0 Å². The summed E-state index contributed by atoms with van der Waals surface area (Å²) in [7, 11) is 0. The van der Waals surface area contributed by atoms with Crippen molar-refractivity contribution in [2.24, 2.45) is 0 Å². The topological polar surface area (TPSA) is 25.0 Å². The normalized spacial score (nSPS) is 10.3. The van der Waals surface area contributed by atoms with Crippen molar-refractivity contribution in [3.8, 4) is 0 Å². The Morgan fingerprint density at radius 3 is 3.09 bits per heavy atom. The Balaban J connectivity index is 2.04. The second-order valence-corrected chi connectivity index (χ2v) is 2.50. The summed E-state index contributed by atoms with van der Waals surface area (Å²) in [5.74, 6) is 0. The third-order valence-electron chi connectivity index (χ3n) is 1.60. The number of aromatic amines is 1. The SMILES string of the molecule is CCOCCCc1ccc[nH]1. The van der Waals surface area contributed by atoms with Crippen LogP contribution in [0.1, 0.15) is 19.0 Å². The fourth-order valence-electron chi connectivity index (χ4n) is 1.03. The molecule has 0 aliphatic heterocycles. The minimum Gasteiger partial charge on any atom is -0.382 e. The van der Waals surface area contributed by atoms with E-state index in [4.69, 9.17) is 4.74 Å². The van der Waals surface area contributed by atoms with E-state index < -0.39 is 0 Å². The van der Waals surface area contributed by atoms with Gasteiger partial charge in [0, 0.05) is 25.1 Å². The first-order valence-corrected chi connectivity index (χ1v) is 4.13. The Kier molecular flexibility index (Phi) is 3.76. The molecule has 1 aromatic heterocycles. The molecule has 1 rings (SSSR count). The van der Waals surface area contributed by atoms with Crippen molar-refractivity contribution >= 4 is 0 Å². The summed E-state index contributed by atoms with van der Waals surface area (Å²) >= 11 is 0. The lowest BCUT2D eigenvalue weighted by Gasteiger charge is -1.98. The molecule has 11 heavy (non-hydrogen) atoms. The Morgan fingerprint density at radius 2 is 2.45 bits per heavy atom. The molecule has 1 heterocycles. The Hall–Kier alpha value is -0.760. The molecule has 62 valence electrons. The first-order valence-electron chi connectivity index (χ1n) is 4.13. The molecule has 0 aliphatic rings. The van der Waals surface area contributed by atoms with Crippen molar-refractivity contribution in [2.75, 3.05) is 13.2 Å². The van der Waals surface area contributed by atoms with Crippen molar-refractivity contribution in [1.29, 1.82) is 0 Å². The average Bonchev–Trinajstić information content (AvgIpc) is 2.50. The van der Waals surface area contributed by atoms with E-state index in [1.54, 1.807) is 0 Å². The van der Waals surface area contributed by atoms with E-state index in [9.17, 15) is 0 Å². The van der Waals surface area contributed by atoms with Gasteiger partial charge in [-0.05, 0) is 31.9 Å². The van der Waals surface area contributed by atoms with E-state index in [2.05, 4.69) is 11.1 Å². The second kappa shape index (κ2) is 4.97. The van der Waals surface area contributed by atoms with E-state index in [1.165, 1.54) is 5.69 Å². The van der Waals surface area contributed by atoms with Crippen LogP contribution in [0.15, 0.2) is 18.3 Å². The molecule has 2 nitrogen and oxygen atoms in total. The lowest BCUT2D eigenvalue weighted by Crippen LogP contribution is -1.95. The van der Waals surface area contributed by atoms with E-state index in [0.717, 1.165) is 26.1 Å². The lowest BCUT2D eigenvalue weighted by atomic mass is 10.2. The fraction of sp³-hybridized carbons (Fsp3) is 0.556. The average molecular weight is 153 g/mol. The number of hydrogen-bond acceptors (Lipinski definition) is 1. The monoisotopic (exact) mass is 153 g/mol. The molecule has 0 bridgehead atoms. The van der Waals surface area contributed by atoms with Crippen LogP contribution in [0.25, 0.3) is 0 Å². The van der Waals surface area contributed by atoms with Crippen LogP contribution >= 0.6 is 0 Å². The summed E-state index contributed by atoms with van der Waals surface area (Å²) in [6.45, 7) is 3.72. The van der Waals surface area contributed by atoms with Crippen LogP contribution in [0.4, 0.5) is 0 Å². The van der Waals surface area contributed by atoms with E-state index >= 15 is 0 Å². The minimum absolute atomic E-state index is 0.824. The van der Waals surface area contributed by atoms with Crippen LogP contribution in [-0.4, -0.2) is 18.2 Å². The number of aromatic nitrogens is 1. The molecule has 0 radical (unpaired) electrons. The number of aryl methyl sites for hydroxylation is 1. The van der Waals surface area contributed by atoms with Gasteiger partial charge in [-0.2, -0.15) is 0 Å². The van der Waals surface area contributed by atoms with Crippen molar-refractivity contribution in [2.45, 2.75) is 19.8 Å². The van der Waals surface area contributed by atoms with Gasteiger partial charge in [0.2, 0.25) is 0 Å². The van der Waals surface area contributed by atoms with E-state index in [0.29, 0.717) is 0 Å². The standard InChI is InChI=1S/C9H15NO/c1-2-11-8-4-6-9-5-3-7-10-9/h3,5,7,10H,2,4,6,8H2,1H3. The summed E-state index contributed by atoms with van der Waals surface area (Å²) in [6.07, 6.45) is 4.15. The van der Waals surface area contributed by atoms with Crippen LogP contribution in [0.5, 0.6) is 0 Å². The number of rotatable bonds is 5. The molecule has 0 unspecified atom stereocenters. The molecule has 2 heteroatoms. The third-order valence-corrected chi connectivity index (χ3v) is 1.60. The molecule has 0 spiro atoms. The molecule has 1 aromatic rings. The smallest absolute Gasteiger partial charge is 0.0469 e. The second-order valence-electron chi connectivity index (χ2n) is 2.50. The predicted octanol–water partition coefficient (Wildman–Crippen LogP) is 1.98. The Labute approximate surface area is 67.6 Å². The van der Waals surface area contributed by atoms with Gasteiger partial charge in [-0.25, -0.2) is 0 Å². The zero-order valence-electron chi connectivity index (χ0n) is 6.97. The molecule has 0 fully saturated rings. The minimum atomic E-state index is 0.824. The van der Waals surface area contributed by atoms with Crippen molar-refractivity contribution in [3.63, 3.8) is 0 Å². The van der Waals surface area contributed by atoms with E-state index in [1.807, 2.05) is 19.2 Å². The highest BCUT2D eigenvalue weighted by atomic mass is 16.5. The summed E-state index contributed by atoms with van der Waals surface area (Å²) < 4.78 is 5.22. The number of ether oxygens (including phenoxy) is 1. The van der Waals surface area contributed by atoms with Gasteiger partial charge in [-0.1, -0.05) is 0 Å².